The van der Waals surface area contributed by atoms with Crippen LogP contribution in [0.25, 0.3) is 0 Å². The Morgan fingerprint density at radius 1 is 1.23 bits per heavy atom. The van der Waals surface area contributed by atoms with Gasteiger partial charge in [-0.05, 0) is 35.4 Å². The van der Waals surface area contributed by atoms with Crippen LogP contribution in [0.4, 0.5) is 5.69 Å². The monoisotopic (exact) mass is 485 g/mol. The van der Waals surface area contributed by atoms with Crippen LogP contribution in [0, 0.1) is 0 Å². The minimum Gasteiger partial charge on any atom is -0.398 e. The molecule has 1 aliphatic rings. The third kappa shape index (κ3) is 6.82. The molecule has 1 heterocycles. The van der Waals surface area contributed by atoms with Crippen LogP contribution in [0.15, 0.2) is 41.3 Å². The molecule has 1 atom stereocenters. The number of morpholine rings is 1. The minimum absolute atomic E-state index is 0.0651. The molecule has 1 aliphatic heterocycles. The number of anilines is 1. The number of rotatable bonds is 7. The van der Waals surface area contributed by atoms with Crippen LogP contribution in [-0.4, -0.2) is 57.8 Å². The molecule has 10 heteroatoms. The number of nitrogens with zero attached hydrogens (tertiary/aromatic N) is 1. The van der Waals surface area contributed by atoms with E-state index in [0.717, 1.165) is 18.4 Å². The van der Waals surface area contributed by atoms with Gasteiger partial charge in [0.2, 0.25) is 5.91 Å². The van der Waals surface area contributed by atoms with Crippen LogP contribution in [-0.2, 0) is 32.3 Å². The van der Waals surface area contributed by atoms with Crippen molar-refractivity contribution in [2.45, 2.75) is 24.0 Å². The van der Waals surface area contributed by atoms with E-state index in [1.807, 2.05) is 12.1 Å². The van der Waals surface area contributed by atoms with E-state index in [0.29, 0.717) is 41.8 Å². The molecular formula is C21H25Cl2N3O4S. The number of ether oxygens (including phenoxy) is 1. The highest BCUT2D eigenvalue weighted by Crippen LogP contribution is 2.23. The predicted octanol–water partition coefficient (Wildman–Crippen LogP) is 2.54. The fourth-order valence-electron chi connectivity index (χ4n) is 3.37. The van der Waals surface area contributed by atoms with Gasteiger partial charge in [-0.15, -0.1) is 0 Å². The zero-order chi connectivity index (χ0) is 22.6. The first-order valence-electron chi connectivity index (χ1n) is 9.75. The lowest BCUT2D eigenvalue weighted by molar-refractivity contribution is -0.121. The minimum atomic E-state index is -3.34. The van der Waals surface area contributed by atoms with E-state index in [9.17, 15) is 13.2 Å². The number of hydrogen-bond acceptors (Lipinski definition) is 6. The van der Waals surface area contributed by atoms with E-state index in [4.69, 9.17) is 33.7 Å². The molecule has 7 nitrogen and oxygen atoms in total. The quantitative estimate of drug-likeness (QED) is 0.584. The standard InChI is InChI=1S/C21H25Cl2N3O4S/c1-31(28,29)17-4-3-15(20(24)10-17)9-21(27)25-11-16-13-26(6-7-30-16)12-14-2-5-18(22)19(23)8-14/h2-5,8,10,16H,6-7,9,11-13,24H2,1H3,(H,25,27). The first-order valence-corrected chi connectivity index (χ1v) is 12.4. The molecule has 0 saturated carbocycles. The Bertz CT molecular complexity index is 1060. The van der Waals surface area contributed by atoms with E-state index in [1.54, 1.807) is 12.1 Å². The van der Waals surface area contributed by atoms with Gasteiger partial charge < -0.3 is 15.8 Å². The fourth-order valence-corrected chi connectivity index (χ4v) is 4.35. The van der Waals surface area contributed by atoms with Gasteiger partial charge in [-0.1, -0.05) is 35.3 Å². The topological polar surface area (TPSA) is 102 Å². The van der Waals surface area contributed by atoms with Crippen molar-refractivity contribution in [2.75, 3.05) is 38.2 Å². The number of benzene rings is 2. The van der Waals surface area contributed by atoms with E-state index < -0.39 is 9.84 Å². The molecule has 0 aromatic heterocycles. The molecular weight excluding hydrogens is 461 g/mol. The van der Waals surface area contributed by atoms with Crippen molar-refractivity contribution >= 4 is 44.6 Å². The Hall–Kier alpha value is -1.84. The normalized spacial score (nSPS) is 17.5. The van der Waals surface area contributed by atoms with Gasteiger partial charge in [0.1, 0.15) is 0 Å². The number of amides is 1. The maximum atomic E-state index is 12.3. The van der Waals surface area contributed by atoms with Crippen LogP contribution in [0.5, 0.6) is 0 Å². The Morgan fingerprint density at radius 3 is 2.68 bits per heavy atom. The molecule has 0 bridgehead atoms. The summed E-state index contributed by atoms with van der Waals surface area (Å²) in [5.74, 6) is -0.205. The maximum Gasteiger partial charge on any atom is 0.224 e. The van der Waals surface area contributed by atoms with Crippen LogP contribution in [0.2, 0.25) is 10.0 Å². The zero-order valence-electron chi connectivity index (χ0n) is 17.1. The molecule has 0 aliphatic carbocycles. The molecule has 3 rings (SSSR count). The van der Waals surface area contributed by atoms with Crippen LogP contribution in [0.3, 0.4) is 0 Å². The van der Waals surface area contributed by atoms with Crippen molar-refractivity contribution < 1.29 is 17.9 Å². The van der Waals surface area contributed by atoms with Crippen molar-refractivity contribution in [3.05, 3.63) is 57.6 Å². The number of carbonyl (C=O) groups excluding carboxylic acids is 1. The summed E-state index contributed by atoms with van der Waals surface area (Å²) in [6.45, 7) is 3.12. The lowest BCUT2D eigenvalue weighted by atomic mass is 10.1. The molecule has 0 radical (unpaired) electrons. The largest absolute Gasteiger partial charge is 0.398 e. The Labute approximate surface area is 192 Å². The van der Waals surface area contributed by atoms with E-state index in [2.05, 4.69) is 10.2 Å². The number of nitrogens with one attached hydrogen (secondary N) is 1. The second-order valence-corrected chi connectivity index (χ2v) is 10.4. The number of carbonyl (C=O) groups is 1. The van der Waals surface area contributed by atoms with Gasteiger partial charge in [-0.25, -0.2) is 8.42 Å². The molecule has 1 amide bonds. The number of nitrogens with two attached hydrogens (primary N) is 1. The average molecular weight is 486 g/mol. The number of nitrogen functional groups attached to an aromatic ring is 1. The molecule has 1 fully saturated rings. The first kappa shape index (κ1) is 23.8. The second kappa shape index (κ2) is 10.2. The van der Waals surface area contributed by atoms with Gasteiger partial charge in [-0.3, -0.25) is 9.69 Å². The molecule has 1 saturated heterocycles. The summed E-state index contributed by atoms with van der Waals surface area (Å²) < 4.78 is 29.0. The zero-order valence-corrected chi connectivity index (χ0v) is 19.4. The van der Waals surface area contributed by atoms with Crippen molar-refractivity contribution in [3.8, 4) is 0 Å². The number of hydrogen-bond donors (Lipinski definition) is 2. The van der Waals surface area contributed by atoms with Crippen LogP contribution in [0.1, 0.15) is 11.1 Å². The average Bonchev–Trinajstić information content (AvgIpc) is 2.70. The summed E-state index contributed by atoms with van der Waals surface area (Å²) in [5, 5.41) is 3.93. The third-order valence-corrected chi connectivity index (χ3v) is 6.89. The van der Waals surface area contributed by atoms with Crippen molar-refractivity contribution in [3.63, 3.8) is 0 Å². The highest BCUT2D eigenvalue weighted by atomic mass is 35.5. The van der Waals surface area contributed by atoms with Gasteiger partial charge in [-0.2, -0.15) is 0 Å². The molecule has 2 aromatic carbocycles. The Morgan fingerprint density at radius 2 is 2.00 bits per heavy atom. The highest BCUT2D eigenvalue weighted by Gasteiger charge is 2.21. The van der Waals surface area contributed by atoms with Crippen LogP contribution >= 0.6 is 23.2 Å². The summed E-state index contributed by atoms with van der Waals surface area (Å²) >= 11 is 12.1. The van der Waals surface area contributed by atoms with E-state index in [-0.39, 0.29) is 29.0 Å². The smallest absolute Gasteiger partial charge is 0.224 e. The molecule has 0 spiro atoms. The molecule has 3 N–H and O–H groups in total. The van der Waals surface area contributed by atoms with Crippen molar-refractivity contribution in [2.24, 2.45) is 0 Å². The third-order valence-electron chi connectivity index (χ3n) is 5.04. The van der Waals surface area contributed by atoms with E-state index in [1.165, 1.54) is 12.1 Å². The molecule has 31 heavy (non-hydrogen) atoms. The summed E-state index contributed by atoms with van der Waals surface area (Å²) in [4.78, 5) is 14.7. The Kier molecular flexibility index (Phi) is 7.82. The summed E-state index contributed by atoms with van der Waals surface area (Å²) in [6.07, 6.45) is 1.05. The fraction of sp³-hybridized carbons (Fsp3) is 0.381. The lowest BCUT2D eigenvalue weighted by Crippen LogP contribution is -2.47. The maximum absolute atomic E-state index is 12.3. The van der Waals surface area contributed by atoms with Gasteiger partial charge in [0, 0.05) is 38.1 Å². The van der Waals surface area contributed by atoms with Crippen LogP contribution < -0.4 is 11.1 Å². The van der Waals surface area contributed by atoms with E-state index >= 15 is 0 Å². The van der Waals surface area contributed by atoms with Gasteiger partial charge in [0.05, 0.1) is 34.1 Å². The number of sulfone groups is 1. The summed E-state index contributed by atoms with van der Waals surface area (Å²) in [7, 11) is -3.34. The molecule has 168 valence electrons. The first-order chi connectivity index (χ1) is 14.6. The van der Waals surface area contributed by atoms with Crippen molar-refractivity contribution in [1.82, 2.24) is 10.2 Å². The lowest BCUT2D eigenvalue weighted by Gasteiger charge is -2.33. The SMILES string of the molecule is CS(=O)(=O)c1ccc(CC(=O)NCC2CN(Cc3ccc(Cl)c(Cl)c3)CCO2)c(N)c1. The molecule has 1 unspecified atom stereocenters. The Balaban J connectivity index is 1.50. The van der Waals surface area contributed by atoms with Gasteiger partial charge >= 0.3 is 0 Å². The predicted molar refractivity (Wildman–Crippen MR) is 122 cm³/mol. The summed E-state index contributed by atoms with van der Waals surface area (Å²) in [5.41, 5.74) is 7.84. The summed E-state index contributed by atoms with van der Waals surface area (Å²) in [6, 6.07) is 9.99. The molecule has 2 aromatic rings. The second-order valence-electron chi connectivity index (χ2n) is 7.59. The van der Waals surface area contributed by atoms with Gasteiger partial charge in [0.15, 0.2) is 9.84 Å². The highest BCUT2D eigenvalue weighted by molar-refractivity contribution is 7.90. The van der Waals surface area contributed by atoms with Gasteiger partial charge in [0.25, 0.3) is 0 Å². The van der Waals surface area contributed by atoms with Crippen molar-refractivity contribution in [1.29, 1.82) is 0 Å². The number of halogens is 2.